The number of benzene rings is 1. The van der Waals surface area contributed by atoms with Crippen molar-refractivity contribution in [1.82, 2.24) is 14.9 Å². The summed E-state index contributed by atoms with van der Waals surface area (Å²) >= 11 is 2.79. The topological polar surface area (TPSA) is 82.5 Å². The van der Waals surface area contributed by atoms with E-state index in [0.29, 0.717) is 40.0 Å². The van der Waals surface area contributed by atoms with Crippen LogP contribution < -0.4 is 20.3 Å². The number of hydrogen-bond donors (Lipinski definition) is 1. The molecule has 0 saturated heterocycles. The van der Waals surface area contributed by atoms with Gasteiger partial charge in [-0.2, -0.15) is 0 Å². The van der Waals surface area contributed by atoms with Crippen molar-refractivity contribution in [2.75, 3.05) is 6.79 Å². The average molecular weight is 458 g/mol. The first-order valence-corrected chi connectivity index (χ1v) is 11.7. The zero-order valence-electron chi connectivity index (χ0n) is 17.3. The number of thioether (sulfide) groups is 1. The SMILES string of the molecule is C=CCn1c(SC(C)C(=O)NCc2ccc3c(c2)OCO3)nc2sc(CC)cc2c1=O. The minimum Gasteiger partial charge on any atom is -0.454 e. The molecule has 0 fully saturated rings. The lowest BCUT2D eigenvalue weighted by molar-refractivity contribution is -0.120. The summed E-state index contributed by atoms with van der Waals surface area (Å²) in [6.07, 6.45) is 2.51. The summed E-state index contributed by atoms with van der Waals surface area (Å²) in [5.74, 6) is 1.26. The van der Waals surface area contributed by atoms with Gasteiger partial charge in [0.05, 0.1) is 10.6 Å². The summed E-state index contributed by atoms with van der Waals surface area (Å²) in [4.78, 5) is 32.2. The van der Waals surface area contributed by atoms with Crippen LogP contribution in [0.4, 0.5) is 0 Å². The predicted octanol–water partition coefficient (Wildman–Crippen LogP) is 3.73. The molecule has 0 saturated carbocycles. The molecule has 162 valence electrons. The molecule has 1 amide bonds. The van der Waals surface area contributed by atoms with Gasteiger partial charge in [-0.05, 0) is 37.1 Å². The summed E-state index contributed by atoms with van der Waals surface area (Å²) in [6.45, 7) is 8.53. The van der Waals surface area contributed by atoms with Gasteiger partial charge in [-0.25, -0.2) is 4.98 Å². The number of carbonyl (C=O) groups is 1. The largest absolute Gasteiger partial charge is 0.454 e. The molecule has 9 heteroatoms. The molecule has 3 heterocycles. The van der Waals surface area contributed by atoms with E-state index >= 15 is 0 Å². The van der Waals surface area contributed by atoms with Gasteiger partial charge >= 0.3 is 0 Å². The lowest BCUT2D eigenvalue weighted by Crippen LogP contribution is -2.31. The molecular formula is C22H23N3O4S2. The third-order valence-corrected chi connectivity index (χ3v) is 7.15. The van der Waals surface area contributed by atoms with Crippen molar-refractivity contribution in [2.24, 2.45) is 0 Å². The van der Waals surface area contributed by atoms with Crippen molar-refractivity contribution < 1.29 is 14.3 Å². The molecule has 31 heavy (non-hydrogen) atoms. The average Bonchev–Trinajstić information content (AvgIpc) is 3.40. The maximum Gasteiger partial charge on any atom is 0.263 e. The van der Waals surface area contributed by atoms with Crippen LogP contribution >= 0.6 is 23.1 Å². The van der Waals surface area contributed by atoms with E-state index in [4.69, 9.17) is 9.47 Å². The van der Waals surface area contributed by atoms with E-state index < -0.39 is 5.25 Å². The molecule has 1 aromatic carbocycles. The number of thiophene rings is 1. The van der Waals surface area contributed by atoms with Crippen LogP contribution in [0.3, 0.4) is 0 Å². The van der Waals surface area contributed by atoms with Gasteiger partial charge in [0, 0.05) is 18.0 Å². The molecule has 3 aromatic rings. The second kappa shape index (κ2) is 9.15. The number of nitrogens with one attached hydrogen (secondary N) is 1. The monoisotopic (exact) mass is 457 g/mol. The Morgan fingerprint density at radius 1 is 1.39 bits per heavy atom. The van der Waals surface area contributed by atoms with Gasteiger partial charge in [0.25, 0.3) is 5.56 Å². The number of aryl methyl sites for hydroxylation is 1. The number of aromatic nitrogens is 2. The van der Waals surface area contributed by atoms with E-state index in [2.05, 4.69) is 23.8 Å². The number of carbonyl (C=O) groups excluding carboxylic acids is 1. The van der Waals surface area contributed by atoms with Crippen LogP contribution in [-0.4, -0.2) is 27.5 Å². The van der Waals surface area contributed by atoms with Gasteiger partial charge in [0.15, 0.2) is 16.7 Å². The Morgan fingerprint density at radius 2 is 2.19 bits per heavy atom. The lowest BCUT2D eigenvalue weighted by atomic mass is 10.2. The zero-order chi connectivity index (χ0) is 22.0. The molecule has 0 spiro atoms. The zero-order valence-corrected chi connectivity index (χ0v) is 19.0. The Morgan fingerprint density at radius 3 is 2.97 bits per heavy atom. The molecule has 1 aliphatic rings. The van der Waals surface area contributed by atoms with Gasteiger partial charge in [-0.3, -0.25) is 14.2 Å². The first-order valence-electron chi connectivity index (χ1n) is 9.97. The molecule has 1 aliphatic heterocycles. The molecule has 1 N–H and O–H groups in total. The van der Waals surface area contributed by atoms with Gasteiger partial charge < -0.3 is 14.8 Å². The highest BCUT2D eigenvalue weighted by molar-refractivity contribution is 8.00. The van der Waals surface area contributed by atoms with Crippen molar-refractivity contribution in [1.29, 1.82) is 0 Å². The number of hydrogen-bond acceptors (Lipinski definition) is 7. The Bertz CT molecular complexity index is 1200. The highest BCUT2D eigenvalue weighted by atomic mass is 32.2. The van der Waals surface area contributed by atoms with Gasteiger partial charge in [-0.15, -0.1) is 17.9 Å². The lowest BCUT2D eigenvalue weighted by Gasteiger charge is -2.15. The van der Waals surface area contributed by atoms with Crippen LogP contribution in [0.1, 0.15) is 24.3 Å². The summed E-state index contributed by atoms with van der Waals surface area (Å²) in [5, 5.41) is 3.65. The smallest absolute Gasteiger partial charge is 0.263 e. The van der Waals surface area contributed by atoms with E-state index in [0.717, 1.165) is 16.9 Å². The fourth-order valence-corrected chi connectivity index (χ4v) is 5.15. The fraction of sp³-hybridized carbons (Fsp3) is 0.318. The van der Waals surface area contributed by atoms with Crippen LogP contribution in [0, 0.1) is 0 Å². The number of ether oxygens (including phenoxy) is 2. The minimum absolute atomic E-state index is 0.101. The number of rotatable bonds is 8. The Hall–Kier alpha value is -2.78. The van der Waals surface area contributed by atoms with E-state index in [1.807, 2.05) is 24.3 Å². The molecule has 0 radical (unpaired) electrons. The molecule has 0 aliphatic carbocycles. The quantitative estimate of drug-likeness (QED) is 0.315. The molecule has 4 rings (SSSR count). The van der Waals surface area contributed by atoms with Crippen LogP contribution in [-0.2, 0) is 24.3 Å². The van der Waals surface area contributed by atoms with Gasteiger partial charge in [0.2, 0.25) is 12.7 Å². The third kappa shape index (κ3) is 4.47. The number of nitrogens with zero attached hydrogens (tertiary/aromatic N) is 2. The molecule has 1 atom stereocenters. The van der Waals surface area contributed by atoms with Crippen molar-refractivity contribution in [2.45, 2.75) is 43.8 Å². The van der Waals surface area contributed by atoms with Crippen LogP contribution in [0.5, 0.6) is 11.5 Å². The van der Waals surface area contributed by atoms with E-state index in [-0.39, 0.29) is 18.3 Å². The van der Waals surface area contributed by atoms with E-state index in [1.165, 1.54) is 23.1 Å². The normalized spacial score (nSPS) is 13.4. The van der Waals surface area contributed by atoms with Crippen molar-refractivity contribution in [3.05, 3.63) is 57.7 Å². The second-order valence-electron chi connectivity index (χ2n) is 7.05. The molecule has 2 aromatic heterocycles. The molecule has 0 bridgehead atoms. The van der Waals surface area contributed by atoms with Crippen molar-refractivity contribution in [3.8, 4) is 11.5 Å². The standard InChI is InChI=1S/C22H23N3O4S2/c1-4-8-25-21(27)16-10-15(5-2)31-20(16)24-22(25)30-13(3)19(26)23-11-14-6-7-17-18(9-14)29-12-28-17/h4,6-7,9-10,13H,1,5,8,11-12H2,2-3H3,(H,23,26). The van der Waals surface area contributed by atoms with E-state index in [1.54, 1.807) is 17.6 Å². The first-order chi connectivity index (χ1) is 15.0. The Kier molecular flexibility index (Phi) is 6.33. The van der Waals surface area contributed by atoms with Crippen LogP contribution in [0.2, 0.25) is 0 Å². The molecule has 1 unspecified atom stereocenters. The maximum absolute atomic E-state index is 13.0. The Balaban J connectivity index is 1.49. The number of allylic oxidation sites excluding steroid dienone is 1. The molecular weight excluding hydrogens is 434 g/mol. The fourth-order valence-electron chi connectivity index (χ4n) is 3.20. The number of fused-ring (bicyclic) bond motifs is 2. The van der Waals surface area contributed by atoms with Gasteiger partial charge in [-0.1, -0.05) is 30.8 Å². The highest BCUT2D eigenvalue weighted by Gasteiger charge is 2.20. The second-order valence-corrected chi connectivity index (χ2v) is 9.47. The summed E-state index contributed by atoms with van der Waals surface area (Å²) < 4.78 is 12.3. The summed E-state index contributed by atoms with van der Waals surface area (Å²) in [6, 6.07) is 7.50. The maximum atomic E-state index is 13.0. The van der Waals surface area contributed by atoms with Crippen LogP contribution in [0.25, 0.3) is 10.2 Å². The van der Waals surface area contributed by atoms with Crippen molar-refractivity contribution in [3.63, 3.8) is 0 Å². The third-order valence-electron chi connectivity index (χ3n) is 4.88. The first kappa shape index (κ1) is 21.5. The Labute approximate surface area is 188 Å². The molecule has 7 nitrogen and oxygen atoms in total. The van der Waals surface area contributed by atoms with Crippen LogP contribution in [0.15, 0.2) is 46.9 Å². The van der Waals surface area contributed by atoms with Crippen molar-refractivity contribution >= 4 is 39.2 Å². The predicted molar refractivity (Wildman–Crippen MR) is 123 cm³/mol. The van der Waals surface area contributed by atoms with Gasteiger partial charge in [0.1, 0.15) is 4.83 Å². The van der Waals surface area contributed by atoms with E-state index in [9.17, 15) is 9.59 Å². The highest BCUT2D eigenvalue weighted by Crippen LogP contribution is 2.32. The number of amides is 1. The summed E-state index contributed by atoms with van der Waals surface area (Å²) in [7, 11) is 0. The summed E-state index contributed by atoms with van der Waals surface area (Å²) in [5.41, 5.74) is 0.819. The minimum atomic E-state index is -0.431.